The van der Waals surface area contributed by atoms with Crippen molar-refractivity contribution in [3.63, 3.8) is 0 Å². The minimum Gasteiger partial charge on any atom is -0.380 e. The third-order valence-corrected chi connectivity index (χ3v) is 4.76. The van der Waals surface area contributed by atoms with Crippen molar-refractivity contribution in [1.29, 1.82) is 0 Å². The van der Waals surface area contributed by atoms with Crippen molar-refractivity contribution < 1.29 is 4.79 Å². The van der Waals surface area contributed by atoms with Crippen molar-refractivity contribution in [2.24, 2.45) is 0 Å². The van der Waals surface area contributed by atoms with Gasteiger partial charge in [-0.05, 0) is 37.7 Å². The summed E-state index contributed by atoms with van der Waals surface area (Å²) in [6.07, 6.45) is 2.38. The third-order valence-electron chi connectivity index (χ3n) is 4.76. The third kappa shape index (κ3) is 3.85. The Kier molecular flexibility index (Phi) is 4.86. The zero-order valence-corrected chi connectivity index (χ0v) is 13.9. The number of nitrogens with one attached hydrogen (secondary N) is 1. The van der Waals surface area contributed by atoms with Gasteiger partial charge in [0.05, 0.1) is 0 Å². The van der Waals surface area contributed by atoms with Gasteiger partial charge in [-0.3, -0.25) is 4.79 Å². The van der Waals surface area contributed by atoms with Gasteiger partial charge in [-0.1, -0.05) is 12.6 Å². The number of likely N-dealkylation sites (N-methyl/N-ethyl adjacent to an activating group) is 1. The van der Waals surface area contributed by atoms with E-state index >= 15 is 0 Å². The van der Waals surface area contributed by atoms with Gasteiger partial charge in [0, 0.05) is 56.7 Å². The molecular weight excluding hydrogens is 288 g/mol. The van der Waals surface area contributed by atoms with Crippen molar-refractivity contribution in [2.75, 3.05) is 56.5 Å². The predicted molar refractivity (Wildman–Crippen MR) is 95.0 cm³/mol. The van der Waals surface area contributed by atoms with E-state index in [1.165, 1.54) is 11.8 Å². The Bertz CT molecular complexity index is 566. The number of hydrogen-bond acceptors (Lipinski definition) is 4. The van der Waals surface area contributed by atoms with E-state index in [1.807, 2.05) is 4.90 Å². The molecule has 0 spiro atoms. The number of carbonyl (C=O) groups is 1. The van der Waals surface area contributed by atoms with Gasteiger partial charge in [-0.25, -0.2) is 0 Å². The molecule has 2 aliphatic heterocycles. The summed E-state index contributed by atoms with van der Waals surface area (Å²) >= 11 is 0. The summed E-state index contributed by atoms with van der Waals surface area (Å²) in [5, 5.41) is 3.57. The van der Waals surface area contributed by atoms with E-state index in [4.69, 9.17) is 0 Å². The molecule has 2 heterocycles. The van der Waals surface area contributed by atoms with Crippen LogP contribution in [-0.4, -0.2) is 68.1 Å². The molecule has 1 atom stereocenters. The molecule has 2 fully saturated rings. The van der Waals surface area contributed by atoms with E-state index in [9.17, 15) is 4.79 Å². The summed E-state index contributed by atoms with van der Waals surface area (Å²) in [6.45, 7) is 9.49. The lowest BCUT2D eigenvalue weighted by molar-refractivity contribution is -0.125. The topological polar surface area (TPSA) is 38.8 Å². The molecule has 0 saturated carbocycles. The van der Waals surface area contributed by atoms with Gasteiger partial charge in [0.15, 0.2) is 0 Å². The Morgan fingerprint density at radius 3 is 2.78 bits per heavy atom. The molecule has 1 aromatic rings. The number of anilines is 2. The first-order valence-electron chi connectivity index (χ1n) is 8.37. The van der Waals surface area contributed by atoms with Gasteiger partial charge in [0.1, 0.15) is 0 Å². The molecule has 1 aromatic carbocycles. The van der Waals surface area contributed by atoms with Gasteiger partial charge in [-0.15, -0.1) is 0 Å². The van der Waals surface area contributed by atoms with Crippen molar-refractivity contribution in [1.82, 2.24) is 9.80 Å². The Morgan fingerprint density at radius 2 is 2.04 bits per heavy atom. The van der Waals surface area contributed by atoms with E-state index in [0.717, 1.165) is 51.4 Å². The van der Waals surface area contributed by atoms with Crippen LogP contribution < -0.4 is 10.2 Å². The Morgan fingerprint density at radius 1 is 1.26 bits per heavy atom. The summed E-state index contributed by atoms with van der Waals surface area (Å²) < 4.78 is 0. The van der Waals surface area contributed by atoms with Crippen molar-refractivity contribution >= 4 is 17.3 Å². The van der Waals surface area contributed by atoms with Crippen LogP contribution >= 0.6 is 0 Å². The zero-order valence-electron chi connectivity index (χ0n) is 13.9. The predicted octanol–water partition coefficient (Wildman–Crippen LogP) is 1.64. The van der Waals surface area contributed by atoms with Gasteiger partial charge >= 0.3 is 0 Å². The van der Waals surface area contributed by atoms with Crippen LogP contribution in [0.3, 0.4) is 0 Å². The first-order valence-corrected chi connectivity index (χ1v) is 8.37. The van der Waals surface area contributed by atoms with Crippen molar-refractivity contribution in [3.05, 3.63) is 36.9 Å². The first-order chi connectivity index (χ1) is 11.2. The highest BCUT2D eigenvalue weighted by molar-refractivity contribution is 5.87. The van der Waals surface area contributed by atoms with E-state index in [-0.39, 0.29) is 5.91 Å². The van der Waals surface area contributed by atoms with Crippen molar-refractivity contribution in [2.45, 2.75) is 12.5 Å². The van der Waals surface area contributed by atoms with Crippen LogP contribution in [0.4, 0.5) is 11.4 Å². The molecule has 0 aromatic heterocycles. The lowest BCUT2D eigenvalue weighted by Gasteiger charge is -2.34. The number of amides is 1. The molecule has 23 heavy (non-hydrogen) atoms. The molecule has 1 N–H and O–H groups in total. The molecule has 124 valence electrons. The normalized spacial score (nSPS) is 22.2. The number of likely N-dealkylation sites (tertiary alicyclic amines) is 1. The van der Waals surface area contributed by atoms with Gasteiger partial charge in [-0.2, -0.15) is 0 Å². The SMILES string of the molecule is C=CC(=O)N1CC[C@H](Nc2cccc(N3CCN(C)CC3)c2)C1. The largest absolute Gasteiger partial charge is 0.380 e. The molecule has 0 aliphatic carbocycles. The molecule has 0 unspecified atom stereocenters. The Labute approximate surface area is 138 Å². The van der Waals surface area contributed by atoms with Crippen LogP contribution in [0, 0.1) is 0 Å². The number of nitrogens with zero attached hydrogens (tertiary/aromatic N) is 3. The zero-order chi connectivity index (χ0) is 16.2. The maximum atomic E-state index is 11.7. The smallest absolute Gasteiger partial charge is 0.246 e. The Hall–Kier alpha value is -2.01. The van der Waals surface area contributed by atoms with Gasteiger partial charge in [0.2, 0.25) is 5.91 Å². The van der Waals surface area contributed by atoms with E-state index in [1.54, 1.807) is 0 Å². The van der Waals surface area contributed by atoms with Crippen LogP contribution in [0.2, 0.25) is 0 Å². The molecule has 2 aliphatic rings. The molecular formula is C18H26N4O. The highest BCUT2D eigenvalue weighted by Crippen LogP contribution is 2.23. The fourth-order valence-electron chi connectivity index (χ4n) is 3.30. The van der Waals surface area contributed by atoms with E-state index in [0.29, 0.717) is 6.04 Å². The molecule has 1 amide bonds. The van der Waals surface area contributed by atoms with Crippen LogP contribution in [-0.2, 0) is 4.79 Å². The summed E-state index contributed by atoms with van der Waals surface area (Å²) in [4.78, 5) is 18.3. The molecule has 0 bridgehead atoms. The lowest BCUT2D eigenvalue weighted by atomic mass is 10.2. The number of piperazine rings is 1. The van der Waals surface area contributed by atoms with Crippen LogP contribution in [0.1, 0.15) is 6.42 Å². The van der Waals surface area contributed by atoms with Gasteiger partial charge < -0.3 is 20.0 Å². The highest BCUT2D eigenvalue weighted by atomic mass is 16.2. The maximum Gasteiger partial charge on any atom is 0.246 e. The molecule has 3 rings (SSSR count). The van der Waals surface area contributed by atoms with E-state index in [2.05, 4.69) is 53.0 Å². The second-order valence-electron chi connectivity index (χ2n) is 6.46. The first kappa shape index (κ1) is 15.9. The van der Waals surface area contributed by atoms with Crippen molar-refractivity contribution in [3.8, 4) is 0 Å². The molecule has 5 nitrogen and oxygen atoms in total. The molecule has 0 radical (unpaired) electrons. The highest BCUT2D eigenvalue weighted by Gasteiger charge is 2.24. The van der Waals surface area contributed by atoms with Crippen LogP contribution in [0.15, 0.2) is 36.9 Å². The summed E-state index contributed by atoms with van der Waals surface area (Å²) in [5.41, 5.74) is 2.42. The fourth-order valence-corrected chi connectivity index (χ4v) is 3.30. The standard InChI is InChI=1S/C18H26N4O/c1-3-18(23)22-8-7-16(14-22)19-15-5-4-6-17(13-15)21-11-9-20(2)10-12-21/h3-6,13,16,19H,1,7-12,14H2,2H3/t16-/m0/s1. The molecule has 5 heteroatoms. The summed E-state index contributed by atoms with van der Waals surface area (Å²) in [7, 11) is 2.17. The number of carbonyl (C=O) groups excluding carboxylic acids is 1. The second-order valence-corrected chi connectivity index (χ2v) is 6.46. The van der Waals surface area contributed by atoms with E-state index < -0.39 is 0 Å². The summed E-state index contributed by atoms with van der Waals surface area (Å²) in [6, 6.07) is 8.94. The monoisotopic (exact) mass is 314 g/mol. The van der Waals surface area contributed by atoms with Crippen LogP contribution in [0.25, 0.3) is 0 Å². The quantitative estimate of drug-likeness (QED) is 0.858. The number of rotatable bonds is 4. The lowest BCUT2D eigenvalue weighted by Crippen LogP contribution is -2.44. The average Bonchev–Trinajstić information content (AvgIpc) is 3.03. The minimum absolute atomic E-state index is 0.0282. The van der Waals surface area contributed by atoms with Crippen LogP contribution in [0.5, 0.6) is 0 Å². The minimum atomic E-state index is 0.0282. The number of hydrogen-bond donors (Lipinski definition) is 1. The number of benzene rings is 1. The second kappa shape index (κ2) is 7.04. The van der Waals surface area contributed by atoms with Gasteiger partial charge in [0.25, 0.3) is 0 Å². The maximum absolute atomic E-state index is 11.7. The average molecular weight is 314 g/mol. The fraction of sp³-hybridized carbons (Fsp3) is 0.500. The molecule has 2 saturated heterocycles. The summed E-state index contributed by atoms with van der Waals surface area (Å²) in [5.74, 6) is 0.0282. The Balaban J connectivity index is 1.60.